The van der Waals surface area contributed by atoms with Crippen LogP contribution >= 0.6 is 0 Å². The van der Waals surface area contributed by atoms with Crippen LogP contribution in [0.5, 0.6) is 5.75 Å². The number of nitrogens with zero attached hydrogens (tertiary/aromatic N) is 2. The highest BCUT2D eigenvalue weighted by Crippen LogP contribution is 2.22. The van der Waals surface area contributed by atoms with Gasteiger partial charge in [-0.05, 0) is 18.2 Å². The normalized spacial score (nSPS) is 11.5. The van der Waals surface area contributed by atoms with Gasteiger partial charge in [0.1, 0.15) is 0 Å². The van der Waals surface area contributed by atoms with Crippen LogP contribution in [-0.4, -0.2) is 69.5 Å². The number of hydrogen-bond acceptors (Lipinski definition) is 5. The van der Waals surface area contributed by atoms with E-state index in [1.807, 2.05) is 0 Å². The molecule has 0 aliphatic rings. The molecule has 0 radical (unpaired) electrons. The van der Waals surface area contributed by atoms with E-state index >= 15 is 0 Å². The van der Waals surface area contributed by atoms with Gasteiger partial charge in [0.15, 0.2) is 18.2 Å². The number of aliphatic hydroxyl groups is 1. The van der Waals surface area contributed by atoms with E-state index in [4.69, 9.17) is 9.84 Å². The van der Waals surface area contributed by atoms with E-state index in [1.54, 1.807) is 0 Å². The maximum Gasteiger partial charge on any atom is 0.259 e. The number of carbonyl (C=O) groups excluding carboxylic acids is 1. The molecule has 0 aromatic heterocycles. The number of likely N-dealkylation sites (N-methyl/N-ethyl adjacent to an activating group) is 2. The van der Waals surface area contributed by atoms with Crippen molar-refractivity contribution >= 4 is 15.9 Å². The zero-order valence-electron chi connectivity index (χ0n) is 12.6. The first kappa shape index (κ1) is 18.3. The lowest BCUT2D eigenvalue weighted by Gasteiger charge is -2.16. The number of aliphatic hydroxyl groups excluding tert-OH is 1. The zero-order valence-corrected chi connectivity index (χ0v) is 13.4. The Kier molecular flexibility index (Phi) is 6.27. The van der Waals surface area contributed by atoms with Gasteiger partial charge in [-0.1, -0.05) is 0 Å². The maximum absolute atomic E-state index is 13.9. The summed E-state index contributed by atoms with van der Waals surface area (Å²) in [5.74, 6) is -1.44. The molecule has 0 unspecified atom stereocenters. The van der Waals surface area contributed by atoms with Gasteiger partial charge in [0, 0.05) is 27.7 Å². The van der Waals surface area contributed by atoms with Crippen molar-refractivity contribution in [2.24, 2.45) is 0 Å². The quantitative estimate of drug-likeness (QED) is 0.753. The number of benzene rings is 1. The van der Waals surface area contributed by atoms with Gasteiger partial charge in [-0.3, -0.25) is 4.79 Å². The van der Waals surface area contributed by atoms with Crippen molar-refractivity contribution in [3.05, 3.63) is 24.0 Å². The lowest BCUT2D eigenvalue weighted by molar-refractivity contribution is -0.130. The fourth-order valence-electron chi connectivity index (χ4n) is 1.47. The largest absolute Gasteiger partial charge is 0.481 e. The molecule has 124 valence electrons. The molecule has 0 saturated carbocycles. The fraction of sp³-hybridized carbons (Fsp3) is 0.462. The third-order valence-electron chi connectivity index (χ3n) is 2.88. The molecular formula is C13H19FN2O5S. The van der Waals surface area contributed by atoms with Crippen molar-refractivity contribution < 1.29 is 27.4 Å². The smallest absolute Gasteiger partial charge is 0.259 e. The third-order valence-corrected chi connectivity index (χ3v) is 4.73. The summed E-state index contributed by atoms with van der Waals surface area (Å²) >= 11 is 0. The van der Waals surface area contributed by atoms with Gasteiger partial charge < -0.3 is 14.7 Å². The first-order valence-electron chi connectivity index (χ1n) is 6.40. The van der Waals surface area contributed by atoms with E-state index in [-0.39, 0.29) is 36.3 Å². The first-order chi connectivity index (χ1) is 10.2. The van der Waals surface area contributed by atoms with Gasteiger partial charge in [0.2, 0.25) is 10.0 Å². The molecule has 0 atom stereocenters. The van der Waals surface area contributed by atoms with Crippen molar-refractivity contribution in [2.45, 2.75) is 4.90 Å². The molecule has 1 rings (SSSR count). The summed E-state index contributed by atoms with van der Waals surface area (Å²) in [4.78, 5) is 12.4. The van der Waals surface area contributed by atoms with E-state index in [2.05, 4.69) is 0 Å². The Morgan fingerprint density at radius 1 is 1.32 bits per heavy atom. The van der Waals surface area contributed by atoms with Crippen LogP contribution in [0.25, 0.3) is 0 Å². The van der Waals surface area contributed by atoms with Crippen LogP contribution in [0.3, 0.4) is 0 Å². The van der Waals surface area contributed by atoms with Gasteiger partial charge >= 0.3 is 0 Å². The molecule has 0 spiro atoms. The number of halogens is 1. The Balaban J connectivity index is 2.92. The van der Waals surface area contributed by atoms with Gasteiger partial charge in [-0.25, -0.2) is 12.8 Å². The lowest BCUT2D eigenvalue weighted by Crippen LogP contribution is -2.29. The van der Waals surface area contributed by atoms with E-state index in [1.165, 1.54) is 32.1 Å². The van der Waals surface area contributed by atoms with Gasteiger partial charge in [-0.15, -0.1) is 0 Å². The molecule has 0 saturated heterocycles. The third kappa shape index (κ3) is 4.39. The second-order valence-electron chi connectivity index (χ2n) is 4.72. The second-order valence-corrected chi connectivity index (χ2v) is 6.76. The topological polar surface area (TPSA) is 87.2 Å². The summed E-state index contributed by atoms with van der Waals surface area (Å²) in [6.45, 7) is -0.786. The minimum atomic E-state index is -3.88. The highest BCUT2D eigenvalue weighted by molar-refractivity contribution is 7.89. The van der Waals surface area contributed by atoms with Crippen molar-refractivity contribution in [1.29, 1.82) is 0 Å². The maximum atomic E-state index is 13.9. The Labute approximate surface area is 129 Å². The van der Waals surface area contributed by atoms with Crippen LogP contribution in [0.2, 0.25) is 0 Å². The van der Waals surface area contributed by atoms with Gasteiger partial charge in [0.05, 0.1) is 11.5 Å². The summed E-state index contributed by atoms with van der Waals surface area (Å²) in [6, 6.07) is 3.15. The first-order valence-corrected chi connectivity index (χ1v) is 7.84. The molecule has 1 N–H and O–H groups in total. The Morgan fingerprint density at radius 2 is 1.95 bits per heavy atom. The number of amides is 1. The van der Waals surface area contributed by atoms with E-state index < -0.39 is 15.8 Å². The highest BCUT2D eigenvalue weighted by atomic mass is 32.2. The molecule has 9 heteroatoms. The number of carbonyl (C=O) groups is 1. The van der Waals surface area contributed by atoms with Crippen molar-refractivity contribution in [1.82, 2.24) is 9.21 Å². The van der Waals surface area contributed by atoms with Crippen LogP contribution in [0.15, 0.2) is 23.1 Å². The molecule has 0 fully saturated rings. The van der Waals surface area contributed by atoms with Crippen LogP contribution in [0, 0.1) is 5.82 Å². The molecule has 1 aromatic rings. The lowest BCUT2D eigenvalue weighted by atomic mass is 10.3. The zero-order chi connectivity index (χ0) is 16.9. The molecule has 0 aliphatic carbocycles. The summed E-state index contributed by atoms with van der Waals surface area (Å²) < 4.78 is 44.0. The second kappa shape index (κ2) is 7.52. The number of ether oxygens (including phenoxy) is 1. The Morgan fingerprint density at radius 3 is 2.45 bits per heavy atom. The van der Waals surface area contributed by atoms with Crippen LogP contribution in [-0.2, 0) is 14.8 Å². The van der Waals surface area contributed by atoms with E-state index in [0.717, 1.165) is 16.4 Å². The van der Waals surface area contributed by atoms with Crippen LogP contribution in [0.4, 0.5) is 4.39 Å². The minimum absolute atomic E-state index is 0.0977. The molecule has 0 aliphatic heterocycles. The summed E-state index contributed by atoms with van der Waals surface area (Å²) in [7, 11) is 0.472. The minimum Gasteiger partial charge on any atom is -0.481 e. The average molecular weight is 334 g/mol. The molecule has 22 heavy (non-hydrogen) atoms. The van der Waals surface area contributed by atoms with Crippen LogP contribution in [0.1, 0.15) is 0 Å². The van der Waals surface area contributed by atoms with Crippen molar-refractivity contribution in [2.75, 3.05) is 40.9 Å². The predicted octanol–water partition coefficient (Wildman–Crippen LogP) is -0.0945. The molecule has 0 heterocycles. The van der Waals surface area contributed by atoms with Gasteiger partial charge in [-0.2, -0.15) is 4.31 Å². The molecule has 1 aromatic carbocycles. The summed E-state index contributed by atoms with van der Waals surface area (Å²) in [5, 5.41) is 8.78. The molecule has 1 amide bonds. The summed E-state index contributed by atoms with van der Waals surface area (Å²) in [5.41, 5.74) is 0. The molecular weight excluding hydrogens is 315 g/mol. The number of sulfonamides is 1. The van der Waals surface area contributed by atoms with Crippen molar-refractivity contribution in [3.63, 3.8) is 0 Å². The fourth-order valence-corrected chi connectivity index (χ4v) is 2.64. The molecule has 7 nitrogen and oxygen atoms in total. The Hall–Kier alpha value is -1.71. The van der Waals surface area contributed by atoms with Crippen LogP contribution < -0.4 is 4.74 Å². The predicted molar refractivity (Wildman–Crippen MR) is 77.5 cm³/mol. The standard InChI is InChI=1S/C13H19FN2O5S/c1-15(2)13(18)9-21-12-5-4-10(8-11(12)14)22(19,20)16(3)6-7-17/h4-5,8,17H,6-7,9H2,1-3H3. The van der Waals surface area contributed by atoms with Crippen molar-refractivity contribution in [3.8, 4) is 5.75 Å². The Bertz CT molecular complexity index is 633. The highest BCUT2D eigenvalue weighted by Gasteiger charge is 2.22. The number of rotatable bonds is 7. The number of hydrogen-bond donors (Lipinski definition) is 1. The molecule has 0 bridgehead atoms. The SMILES string of the molecule is CN(C)C(=O)COc1ccc(S(=O)(=O)N(C)CCO)cc1F. The van der Waals surface area contributed by atoms with E-state index in [9.17, 15) is 17.6 Å². The average Bonchev–Trinajstić information content (AvgIpc) is 2.45. The van der Waals surface area contributed by atoms with E-state index in [0.29, 0.717) is 0 Å². The summed E-state index contributed by atoms with van der Waals surface area (Å²) in [6.07, 6.45) is 0. The van der Waals surface area contributed by atoms with Gasteiger partial charge in [0.25, 0.3) is 5.91 Å². The monoisotopic (exact) mass is 334 g/mol.